The molecule has 0 radical (unpaired) electrons. The van der Waals surface area contributed by atoms with Gasteiger partial charge in [-0.1, -0.05) is 19.1 Å². The molecular weight excluding hydrogens is 438 g/mol. The molecule has 2 aromatic carbocycles. The van der Waals surface area contributed by atoms with E-state index in [9.17, 15) is 9.59 Å². The number of esters is 1. The van der Waals surface area contributed by atoms with E-state index in [4.69, 9.17) is 23.7 Å². The molecule has 1 aliphatic heterocycles. The second kappa shape index (κ2) is 13.1. The molecule has 1 N–H and O–H groups in total. The molecule has 0 aliphatic carbocycles. The summed E-state index contributed by atoms with van der Waals surface area (Å²) in [7, 11) is 0. The molecule has 3 rings (SSSR count). The smallest absolute Gasteiger partial charge is 0.331 e. The van der Waals surface area contributed by atoms with Crippen LogP contribution in [0.2, 0.25) is 0 Å². The molecule has 0 fully saturated rings. The van der Waals surface area contributed by atoms with Crippen molar-refractivity contribution in [3.63, 3.8) is 0 Å². The summed E-state index contributed by atoms with van der Waals surface area (Å²) in [4.78, 5) is 24.0. The van der Waals surface area contributed by atoms with Gasteiger partial charge >= 0.3 is 5.97 Å². The van der Waals surface area contributed by atoms with Gasteiger partial charge in [0.05, 0.1) is 13.2 Å². The third-order valence-corrected chi connectivity index (χ3v) is 4.83. The lowest BCUT2D eigenvalue weighted by molar-refractivity contribution is -0.143. The number of hydrogen-bond acceptors (Lipinski definition) is 7. The molecule has 2 aromatic rings. The summed E-state index contributed by atoms with van der Waals surface area (Å²) < 4.78 is 27.4. The van der Waals surface area contributed by atoms with Gasteiger partial charge in [-0.3, -0.25) is 4.79 Å². The minimum Gasteiger partial charge on any atom is -0.490 e. The van der Waals surface area contributed by atoms with Crippen LogP contribution in [0.5, 0.6) is 23.0 Å². The summed E-state index contributed by atoms with van der Waals surface area (Å²) in [5, 5.41) is 2.74. The van der Waals surface area contributed by atoms with E-state index in [1.807, 2.05) is 38.1 Å². The van der Waals surface area contributed by atoms with E-state index >= 15 is 0 Å². The van der Waals surface area contributed by atoms with E-state index < -0.39 is 5.97 Å². The number of rotatable bonds is 12. The molecule has 0 saturated heterocycles. The molecule has 34 heavy (non-hydrogen) atoms. The monoisotopic (exact) mass is 469 g/mol. The quantitative estimate of drug-likeness (QED) is 0.375. The van der Waals surface area contributed by atoms with Crippen molar-refractivity contribution >= 4 is 18.0 Å². The van der Waals surface area contributed by atoms with Crippen molar-refractivity contribution in [3.05, 3.63) is 53.6 Å². The van der Waals surface area contributed by atoms with Crippen LogP contribution in [0.15, 0.2) is 42.5 Å². The molecule has 0 spiro atoms. The van der Waals surface area contributed by atoms with Gasteiger partial charge in [-0.05, 0) is 61.2 Å². The Morgan fingerprint density at radius 3 is 2.62 bits per heavy atom. The Balaban J connectivity index is 1.41. The van der Waals surface area contributed by atoms with Crippen molar-refractivity contribution in [1.29, 1.82) is 0 Å². The Kier molecular flexibility index (Phi) is 9.64. The van der Waals surface area contributed by atoms with E-state index in [-0.39, 0.29) is 12.5 Å². The van der Waals surface area contributed by atoms with Gasteiger partial charge in [0.2, 0.25) is 0 Å². The number of carbonyl (C=O) groups excluding carboxylic acids is 2. The fourth-order valence-corrected chi connectivity index (χ4v) is 3.22. The zero-order valence-corrected chi connectivity index (χ0v) is 19.6. The average Bonchev–Trinajstić information content (AvgIpc) is 2.85. The first kappa shape index (κ1) is 25.0. The van der Waals surface area contributed by atoms with Crippen LogP contribution in [0.4, 0.5) is 0 Å². The zero-order valence-electron chi connectivity index (χ0n) is 19.6. The van der Waals surface area contributed by atoms with E-state index in [2.05, 4.69) is 5.32 Å². The van der Waals surface area contributed by atoms with Crippen LogP contribution in [0.1, 0.15) is 31.4 Å². The Labute approximate surface area is 199 Å². The van der Waals surface area contributed by atoms with Crippen molar-refractivity contribution in [1.82, 2.24) is 5.32 Å². The van der Waals surface area contributed by atoms with Gasteiger partial charge in [0.15, 0.2) is 29.6 Å². The lowest BCUT2D eigenvalue weighted by Gasteiger charge is -2.18. The van der Waals surface area contributed by atoms with Crippen LogP contribution in [0.25, 0.3) is 6.08 Å². The van der Waals surface area contributed by atoms with Crippen LogP contribution < -0.4 is 24.3 Å². The van der Waals surface area contributed by atoms with Gasteiger partial charge < -0.3 is 29.0 Å². The molecule has 0 unspecified atom stereocenters. The van der Waals surface area contributed by atoms with E-state index in [1.165, 1.54) is 6.08 Å². The Morgan fingerprint density at radius 2 is 1.82 bits per heavy atom. The SMILES string of the molecule is CCCOc1ccc(C=CC(=O)OCC(=O)NCCc2ccc3c(c2)OCCO3)cc1OCC. The summed E-state index contributed by atoms with van der Waals surface area (Å²) in [6.45, 7) is 6.16. The maximum atomic E-state index is 12.0. The standard InChI is InChI=1S/C26H31NO7/c1-3-13-31-21-8-5-19(16-23(21)30-4-2)7-10-26(29)34-18-25(28)27-12-11-20-6-9-22-24(17-20)33-15-14-32-22/h5-10,16-17H,3-4,11-15,18H2,1-2H3,(H,27,28). The molecule has 0 atom stereocenters. The predicted octanol–water partition coefficient (Wildman–Crippen LogP) is 3.56. The topological polar surface area (TPSA) is 92.3 Å². The largest absolute Gasteiger partial charge is 0.490 e. The Hall–Kier alpha value is -3.68. The van der Waals surface area contributed by atoms with Gasteiger partial charge in [-0.2, -0.15) is 0 Å². The Morgan fingerprint density at radius 1 is 1.00 bits per heavy atom. The van der Waals surface area contributed by atoms with Gasteiger partial charge in [-0.15, -0.1) is 0 Å². The molecule has 0 saturated carbocycles. The number of amides is 1. The highest BCUT2D eigenvalue weighted by atomic mass is 16.6. The third-order valence-electron chi connectivity index (χ3n) is 4.83. The molecule has 182 valence electrons. The lowest BCUT2D eigenvalue weighted by Crippen LogP contribution is -2.30. The van der Waals surface area contributed by atoms with Gasteiger partial charge in [-0.25, -0.2) is 4.79 Å². The summed E-state index contributed by atoms with van der Waals surface area (Å²) in [6, 6.07) is 11.1. The number of nitrogens with one attached hydrogen (secondary N) is 1. The van der Waals surface area contributed by atoms with Crippen molar-refractivity contribution in [3.8, 4) is 23.0 Å². The first-order valence-electron chi connectivity index (χ1n) is 11.5. The van der Waals surface area contributed by atoms with E-state index in [0.717, 1.165) is 23.3 Å². The fraction of sp³-hybridized carbons (Fsp3) is 0.385. The first-order chi connectivity index (χ1) is 16.6. The first-order valence-corrected chi connectivity index (χ1v) is 11.5. The number of carbonyl (C=O) groups is 2. The highest BCUT2D eigenvalue weighted by molar-refractivity contribution is 5.89. The maximum Gasteiger partial charge on any atom is 0.331 e. The minimum absolute atomic E-state index is 0.349. The average molecular weight is 470 g/mol. The number of benzene rings is 2. The summed E-state index contributed by atoms with van der Waals surface area (Å²) in [5.41, 5.74) is 1.77. The van der Waals surface area contributed by atoms with Crippen LogP contribution in [-0.4, -0.2) is 51.5 Å². The predicted molar refractivity (Wildman–Crippen MR) is 128 cm³/mol. The Bertz CT molecular complexity index is 1000. The van der Waals surface area contributed by atoms with Gasteiger partial charge in [0.25, 0.3) is 5.91 Å². The molecular formula is C26H31NO7. The van der Waals surface area contributed by atoms with Crippen LogP contribution in [0, 0.1) is 0 Å². The molecule has 8 nitrogen and oxygen atoms in total. The molecule has 8 heteroatoms. The second-order valence-electron chi connectivity index (χ2n) is 7.51. The molecule has 1 heterocycles. The van der Waals surface area contributed by atoms with Gasteiger partial charge in [0, 0.05) is 12.6 Å². The summed E-state index contributed by atoms with van der Waals surface area (Å²) >= 11 is 0. The second-order valence-corrected chi connectivity index (χ2v) is 7.51. The minimum atomic E-state index is -0.605. The highest BCUT2D eigenvalue weighted by Gasteiger charge is 2.12. The van der Waals surface area contributed by atoms with Gasteiger partial charge in [0.1, 0.15) is 13.2 Å². The van der Waals surface area contributed by atoms with Crippen molar-refractivity contribution in [2.75, 3.05) is 39.6 Å². The number of fused-ring (bicyclic) bond motifs is 1. The molecule has 0 bridgehead atoms. The summed E-state index contributed by atoms with van der Waals surface area (Å²) in [6.07, 6.45) is 4.40. The number of ether oxygens (including phenoxy) is 5. The normalized spacial score (nSPS) is 12.3. The fourth-order valence-electron chi connectivity index (χ4n) is 3.22. The summed E-state index contributed by atoms with van der Waals surface area (Å²) in [5.74, 6) is 1.75. The zero-order chi connectivity index (χ0) is 24.2. The van der Waals surface area contributed by atoms with Crippen LogP contribution in [0.3, 0.4) is 0 Å². The highest BCUT2D eigenvalue weighted by Crippen LogP contribution is 2.31. The van der Waals surface area contributed by atoms with Crippen molar-refractivity contribution in [2.24, 2.45) is 0 Å². The van der Waals surface area contributed by atoms with Crippen LogP contribution >= 0.6 is 0 Å². The van der Waals surface area contributed by atoms with E-state index in [0.29, 0.717) is 56.6 Å². The van der Waals surface area contributed by atoms with E-state index in [1.54, 1.807) is 18.2 Å². The lowest BCUT2D eigenvalue weighted by atomic mass is 10.1. The molecule has 0 aromatic heterocycles. The van der Waals surface area contributed by atoms with Crippen molar-refractivity contribution < 1.29 is 33.3 Å². The number of hydrogen-bond donors (Lipinski definition) is 1. The third kappa shape index (κ3) is 7.72. The van der Waals surface area contributed by atoms with Crippen molar-refractivity contribution in [2.45, 2.75) is 26.7 Å². The maximum absolute atomic E-state index is 12.0. The molecule has 1 amide bonds. The molecule has 1 aliphatic rings. The van der Waals surface area contributed by atoms with Crippen LogP contribution in [-0.2, 0) is 20.7 Å².